The van der Waals surface area contributed by atoms with Gasteiger partial charge in [-0.1, -0.05) is 64.4 Å². The fourth-order valence-corrected chi connectivity index (χ4v) is 2.42. The molecule has 0 heterocycles. The zero-order valence-corrected chi connectivity index (χ0v) is 15.0. The van der Waals surface area contributed by atoms with Crippen molar-refractivity contribution in [1.82, 2.24) is 0 Å². The van der Waals surface area contributed by atoms with Crippen molar-refractivity contribution in [3.05, 3.63) is 59.7 Å². The van der Waals surface area contributed by atoms with Gasteiger partial charge in [0, 0.05) is 5.56 Å². The standard InChI is InChI=1S/C21H26O3/c1-5-6-15-23-18-13-9-7-11-16(18)20(22)24-19-14-10-8-12-17(19)21(2,3)4/h7-14H,5-6,15H2,1-4H3. The summed E-state index contributed by atoms with van der Waals surface area (Å²) in [4.78, 5) is 12.6. The molecule has 0 saturated heterocycles. The molecule has 0 radical (unpaired) electrons. The minimum atomic E-state index is -0.390. The Hall–Kier alpha value is -2.29. The number of esters is 1. The van der Waals surface area contributed by atoms with Crippen LogP contribution in [0.4, 0.5) is 0 Å². The van der Waals surface area contributed by atoms with Crippen molar-refractivity contribution in [2.75, 3.05) is 6.61 Å². The first-order chi connectivity index (χ1) is 11.4. The Bertz CT molecular complexity index is 683. The molecule has 2 aromatic carbocycles. The minimum Gasteiger partial charge on any atom is -0.493 e. The quantitative estimate of drug-likeness (QED) is 0.406. The summed E-state index contributed by atoms with van der Waals surface area (Å²) in [7, 11) is 0. The highest BCUT2D eigenvalue weighted by Gasteiger charge is 2.21. The Morgan fingerprint density at radius 1 is 0.958 bits per heavy atom. The number of hydrogen-bond acceptors (Lipinski definition) is 3. The fraction of sp³-hybridized carbons (Fsp3) is 0.381. The summed E-state index contributed by atoms with van der Waals surface area (Å²) >= 11 is 0. The van der Waals surface area contributed by atoms with Gasteiger partial charge in [-0.25, -0.2) is 4.79 Å². The van der Waals surface area contributed by atoms with E-state index in [1.54, 1.807) is 6.07 Å². The monoisotopic (exact) mass is 326 g/mol. The Morgan fingerprint density at radius 2 is 1.58 bits per heavy atom. The Balaban J connectivity index is 2.22. The van der Waals surface area contributed by atoms with E-state index in [2.05, 4.69) is 27.7 Å². The number of rotatable bonds is 6. The van der Waals surface area contributed by atoms with Crippen LogP contribution in [0, 0.1) is 0 Å². The van der Waals surface area contributed by atoms with Gasteiger partial charge in [-0.15, -0.1) is 0 Å². The lowest BCUT2D eigenvalue weighted by Gasteiger charge is -2.22. The molecular weight excluding hydrogens is 300 g/mol. The van der Waals surface area contributed by atoms with Crippen molar-refractivity contribution in [2.24, 2.45) is 0 Å². The molecule has 3 nitrogen and oxygen atoms in total. The highest BCUT2D eigenvalue weighted by Crippen LogP contribution is 2.32. The first-order valence-electron chi connectivity index (χ1n) is 8.47. The average molecular weight is 326 g/mol. The zero-order chi connectivity index (χ0) is 17.6. The number of para-hydroxylation sites is 2. The van der Waals surface area contributed by atoms with E-state index in [0.717, 1.165) is 18.4 Å². The fourth-order valence-electron chi connectivity index (χ4n) is 2.42. The topological polar surface area (TPSA) is 35.5 Å². The summed E-state index contributed by atoms with van der Waals surface area (Å²) in [6.45, 7) is 9.00. The molecule has 24 heavy (non-hydrogen) atoms. The molecular formula is C21H26O3. The predicted molar refractivity (Wildman–Crippen MR) is 96.9 cm³/mol. The van der Waals surface area contributed by atoms with E-state index in [-0.39, 0.29) is 5.41 Å². The van der Waals surface area contributed by atoms with Gasteiger partial charge in [-0.05, 0) is 30.0 Å². The molecule has 0 N–H and O–H groups in total. The van der Waals surface area contributed by atoms with Gasteiger partial charge in [0.2, 0.25) is 0 Å². The van der Waals surface area contributed by atoms with Gasteiger partial charge < -0.3 is 9.47 Å². The third kappa shape index (κ3) is 4.60. The normalized spacial score (nSPS) is 11.2. The summed E-state index contributed by atoms with van der Waals surface area (Å²) in [6, 6.07) is 14.9. The van der Waals surface area contributed by atoms with Crippen LogP contribution in [-0.4, -0.2) is 12.6 Å². The number of benzene rings is 2. The van der Waals surface area contributed by atoms with E-state index >= 15 is 0 Å². The molecule has 2 aromatic rings. The summed E-state index contributed by atoms with van der Waals surface area (Å²) in [6.07, 6.45) is 2.00. The number of carbonyl (C=O) groups is 1. The maximum absolute atomic E-state index is 12.6. The molecule has 0 saturated carbocycles. The van der Waals surface area contributed by atoms with Gasteiger partial charge in [0.05, 0.1) is 6.61 Å². The Labute approximate surface area is 144 Å². The van der Waals surface area contributed by atoms with E-state index in [0.29, 0.717) is 23.7 Å². The van der Waals surface area contributed by atoms with Crippen LogP contribution in [0.25, 0.3) is 0 Å². The van der Waals surface area contributed by atoms with Crippen LogP contribution in [0.3, 0.4) is 0 Å². The van der Waals surface area contributed by atoms with Crippen molar-refractivity contribution in [1.29, 1.82) is 0 Å². The smallest absolute Gasteiger partial charge is 0.347 e. The third-order valence-corrected chi connectivity index (χ3v) is 3.76. The third-order valence-electron chi connectivity index (χ3n) is 3.76. The first kappa shape index (κ1) is 18.1. The molecule has 0 bridgehead atoms. The minimum absolute atomic E-state index is 0.103. The Kier molecular flexibility index (Phi) is 6.02. The molecule has 3 heteroatoms. The lowest BCUT2D eigenvalue weighted by molar-refractivity contribution is 0.0727. The summed E-state index contributed by atoms with van der Waals surface area (Å²) < 4.78 is 11.4. The molecule has 0 amide bonds. The van der Waals surface area contributed by atoms with E-state index in [9.17, 15) is 4.79 Å². The van der Waals surface area contributed by atoms with Gasteiger partial charge in [-0.3, -0.25) is 0 Å². The first-order valence-corrected chi connectivity index (χ1v) is 8.47. The second-order valence-electron chi connectivity index (χ2n) is 6.83. The molecule has 2 rings (SSSR count). The van der Waals surface area contributed by atoms with Crippen LogP contribution in [0.1, 0.15) is 56.5 Å². The van der Waals surface area contributed by atoms with Crippen molar-refractivity contribution in [3.8, 4) is 11.5 Å². The van der Waals surface area contributed by atoms with Crippen LogP contribution in [0.15, 0.2) is 48.5 Å². The maximum atomic E-state index is 12.6. The largest absolute Gasteiger partial charge is 0.493 e. The number of ether oxygens (including phenoxy) is 2. The summed E-state index contributed by atoms with van der Waals surface area (Å²) in [5.74, 6) is 0.779. The molecule has 0 aromatic heterocycles. The molecule has 0 aliphatic heterocycles. The van der Waals surface area contributed by atoms with E-state index in [4.69, 9.17) is 9.47 Å². The molecule has 0 aliphatic carbocycles. The van der Waals surface area contributed by atoms with Gasteiger partial charge in [0.1, 0.15) is 17.1 Å². The van der Waals surface area contributed by atoms with Crippen molar-refractivity contribution in [3.63, 3.8) is 0 Å². The van der Waals surface area contributed by atoms with E-state index in [1.807, 2.05) is 42.5 Å². The van der Waals surface area contributed by atoms with Crippen molar-refractivity contribution in [2.45, 2.75) is 46.0 Å². The second-order valence-corrected chi connectivity index (χ2v) is 6.83. The van der Waals surface area contributed by atoms with E-state index in [1.165, 1.54) is 0 Å². The molecule has 128 valence electrons. The number of carbonyl (C=O) groups excluding carboxylic acids is 1. The molecule has 0 atom stereocenters. The average Bonchev–Trinajstić information content (AvgIpc) is 2.55. The van der Waals surface area contributed by atoms with Gasteiger partial charge in [-0.2, -0.15) is 0 Å². The summed E-state index contributed by atoms with van der Waals surface area (Å²) in [5, 5.41) is 0. The summed E-state index contributed by atoms with van der Waals surface area (Å²) in [5.41, 5.74) is 1.36. The zero-order valence-electron chi connectivity index (χ0n) is 15.0. The highest BCUT2D eigenvalue weighted by atomic mass is 16.5. The Morgan fingerprint density at radius 3 is 2.25 bits per heavy atom. The number of hydrogen-bond donors (Lipinski definition) is 0. The van der Waals surface area contributed by atoms with Crippen LogP contribution in [-0.2, 0) is 5.41 Å². The lowest BCUT2D eigenvalue weighted by Crippen LogP contribution is -2.17. The van der Waals surface area contributed by atoms with Crippen LogP contribution in [0.2, 0.25) is 0 Å². The van der Waals surface area contributed by atoms with Crippen molar-refractivity contribution >= 4 is 5.97 Å². The van der Waals surface area contributed by atoms with Gasteiger partial charge in [0.25, 0.3) is 0 Å². The van der Waals surface area contributed by atoms with Crippen LogP contribution >= 0.6 is 0 Å². The number of unbranched alkanes of at least 4 members (excludes halogenated alkanes) is 1. The molecule has 0 spiro atoms. The van der Waals surface area contributed by atoms with Crippen LogP contribution < -0.4 is 9.47 Å². The highest BCUT2D eigenvalue weighted by molar-refractivity contribution is 5.94. The molecule has 0 aliphatic rings. The lowest BCUT2D eigenvalue weighted by atomic mass is 9.86. The molecule has 0 fully saturated rings. The maximum Gasteiger partial charge on any atom is 0.347 e. The van der Waals surface area contributed by atoms with Gasteiger partial charge >= 0.3 is 5.97 Å². The van der Waals surface area contributed by atoms with E-state index < -0.39 is 5.97 Å². The van der Waals surface area contributed by atoms with Crippen molar-refractivity contribution < 1.29 is 14.3 Å². The van der Waals surface area contributed by atoms with Gasteiger partial charge in [0.15, 0.2) is 0 Å². The molecule has 0 unspecified atom stereocenters. The second kappa shape index (κ2) is 8.00. The predicted octanol–water partition coefficient (Wildman–Crippen LogP) is 5.38. The SMILES string of the molecule is CCCCOc1ccccc1C(=O)Oc1ccccc1C(C)(C)C. The van der Waals surface area contributed by atoms with Crippen LogP contribution in [0.5, 0.6) is 11.5 Å².